The van der Waals surface area contributed by atoms with Crippen molar-refractivity contribution in [3.05, 3.63) is 52.1 Å². The van der Waals surface area contributed by atoms with Crippen molar-refractivity contribution >= 4 is 5.69 Å². The van der Waals surface area contributed by atoms with Gasteiger partial charge in [-0.2, -0.15) is 5.10 Å². The maximum atomic E-state index is 10.5. The summed E-state index contributed by atoms with van der Waals surface area (Å²) in [5, 5.41) is 14.6. The van der Waals surface area contributed by atoms with Crippen LogP contribution in [0.5, 0.6) is 0 Å². The molecule has 0 fully saturated rings. The third kappa shape index (κ3) is 2.69. The van der Waals surface area contributed by atoms with Crippen molar-refractivity contribution in [1.29, 1.82) is 0 Å². The first-order chi connectivity index (χ1) is 8.70. The lowest BCUT2D eigenvalue weighted by atomic mass is 10.1. The molecular formula is C11H13N5O2. The zero-order chi connectivity index (χ0) is 13.0. The molecule has 0 aliphatic rings. The van der Waals surface area contributed by atoms with Gasteiger partial charge in [0.15, 0.2) is 0 Å². The third-order valence-electron chi connectivity index (χ3n) is 2.64. The van der Waals surface area contributed by atoms with Gasteiger partial charge in [-0.3, -0.25) is 10.1 Å². The van der Waals surface area contributed by atoms with Crippen LogP contribution in [0.4, 0.5) is 5.69 Å². The zero-order valence-electron chi connectivity index (χ0n) is 9.69. The number of nitrogens with two attached hydrogens (primary N) is 1. The number of rotatable bonds is 5. The van der Waals surface area contributed by atoms with E-state index in [9.17, 15) is 10.1 Å². The Kier molecular flexibility index (Phi) is 3.63. The molecule has 0 saturated heterocycles. The van der Waals surface area contributed by atoms with E-state index >= 15 is 0 Å². The van der Waals surface area contributed by atoms with Gasteiger partial charge in [-0.25, -0.2) is 9.67 Å². The molecular weight excluding hydrogens is 234 g/mol. The largest absolute Gasteiger partial charge is 0.324 e. The van der Waals surface area contributed by atoms with Crippen LogP contribution < -0.4 is 5.73 Å². The lowest BCUT2D eigenvalue weighted by Crippen LogP contribution is -2.11. The molecule has 0 radical (unpaired) electrons. The van der Waals surface area contributed by atoms with Crippen molar-refractivity contribution in [3.63, 3.8) is 0 Å². The van der Waals surface area contributed by atoms with Crippen LogP contribution >= 0.6 is 0 Å². The highest BCUT2D eigenvalue weighted by Gasteiger charge is 2.05. The summed E-state index contributed by atoms with van der Waals surface area (Å²) in [6.07, 6.45) is 2.20. The number of benzene rings is 1. The molecule has 0 atom stereocenters. The van der Waals surface area contributed by atoms with E-state index in [2.05, 4.69) is 10.1 Å². The van der Waals surface area contributed by atoms with E-state index in [1.165, 1.54) is 18.5 Å². The van der Waals surface area contributed by atoms with E-state index in [4.69, 9.17) is 5.73 Å². The Morgan fingerprint density at radius 2 is 2.06 bits per heavy atom. The minimum Gasteiger partial charge on any atom is -0.324 e. The van der Waals surface area contributed by atoms with E-state index in [1.54, 1.807) is 16.8 Å². The Morgan fingerprint density at radius 3 is 2.67 bits per heavy atom. The van der Waals surface area contributed by atoms with Crippen LogP contribution in [-0.2, 0) is 19.5 Å². The molecule has 18 heavy (non-hydrogen) atoms. The molecule has 7 heteroatoms. The lowest BCUT2D eigenvalue weighted by Gasteiger charge is -2.04. The average Bonchev–Trinajstić information content (AvgIpc) is 2.84. The molecule has 0 amide bonds. The molecule has 94 valence electrons. The second kappa shape index (κ2) is 5.37. The third-order valence-corrected chi connectivity index (χ3v) is 2.64. The van der Waals surface area contributed by atoms with Gasteiger partial charge in [0, 0.05) is 18.7 Å². The van der Waals surface area contributed by atoms with Crippen molar-refractivity contribution in [2.75, 3.05) is 0 Å². The van der Waals surface area contributed by atoms with Gasteiger partial charge in [-0.1, -0.05) is 12.1 Å². The Morgan fingerprint density at radius 1 is 1.33 bits per heavy atom. The van der Waals surface area contributed by atoms with Crippen LogP contribution in [0, 0.1) is 10.1 Å². The number of non-ortho nitro benzene ring substituents is 1. The molecule has 0 aliphatic carbocycles. The first kappa shape index (κ1) is 12.2. The van der Waals surface area contributed by atoms with Gasteiger partial charge in [0.1, 0.15) is 12.2 Å². The number of aryl methyl sites for hydroxylation is 2. The molecule has 1 aromatic carbocycles. The molecule has 7 nitrogen and oxygen atoms in total. The van der Waals surface area contributed by atoms with Gasteiger partial charge in [-0.15, -0.1) is 0 Å². The van der Waals surface area contributed by atoms with Gasteiger partial charge in [0.05, 0.1) is 11.5 Å². The van der Waals surface area contributed by atoms with Crippen molar-refractivity contribution in [2.24, 2.45) is 5.73 Å². The number of nitro groups is 1. The summed E-state index contributed by atoms with van der Waals surface area (Å²) in [5.74, 6) is 0.733. The molecule has 0 saturated carbocycles. The lowest BCUT2D eigenvalue weighted by molar-refractivity contribution is -0.384. The molecule has 0 spiro atoms. The van der Waals surface area contributed by atoms with Crippen LogP contribution in [0.1, 0.15) is 11.4 Å². The first-order valence-corrected chi connectivity index (χ1v) is 5.51. The normalized spacial score (nSPS) is 10.5. The number of aromatic nitrogens is 3. The minimum atomic E-state index is -0.409. The van der Waals surface area contributed by atoms with Crippen molar-refractivity contribution in [3.8, 4) is 0 Å². The number of nitro benzene ring substituents is 1. The van der Waals surface area contributed by atoms with Crippen molar-refractivity contribution in [2.45, 2.75) is 19.5 Å². The van der Waals surface area contributed by atoms with E-state index in [0.717, 1.165) is 17.8 Å². The molecule has 1 heterocycles. The van der Waals surface area contributed by atoms with Crippen molar-refractivity contribution in [1.82, 2.24) is 14.8 Å². The predicted octanol–water partition coefficient (Wildman–Crippen LogP) is 0.888. The van der Waals surface area contributed by atoms with E-state index in [-0.39, 0.29) is 5.69 Å². The monoisotopic (exact) mass is 247 g/mol. The van der Waals surface area contributed by atoms with Crippen LogP contribution in [0.25, 0.3) is 0 Å². The highest BCUT2D eigenvalue weighted by molar-refractivity contribution is 5.32. The Bertz CT molecular complexity index is 535. The van der Waals surface area contributed by atoms with Crippen LogP contribution in [0.2, 0.25) is 0 Å². The predicted molar refractivity (Wildman–Crippen MR) is 64.7 cm³/mol. The van der Waals surface area contributed by atoms with Gasteiger partial charge in [-0.05, 0) is 12.0 Å². The standard InChI is InChI=1S/C11H13N5O2/c12-7-11-13-8-14-15(11)6-5-9-1-3-10(4-2-9)16(17)18/h1-4,8H,5-7,12H2. The van der Waals surface area contributed by atoms with Gasteiger partial charge >= 0.3 is 0 Å². The Hall–Kier alpha value is -2.28. The summed E-state index contributed by atoms with van der Waals surface area (Å²) in [7, 11) is 0. The van der Waals surface area contributed by atoms with Crippen LogP contribution in [0.15, 0.2) is 30.6 Å². The molecule has 1 aromatic heterocycles. The van der Waals surface area contributed by atoms with E-state index < -0.39 is 4.92 Å². The summed E-state index contributed by atoms with van der Waals surface area (Å²) < 4.78 is 1.74. The molecule has 2 rings (SSSR count). The van der Waals surface area contributed by atoms with Gasteiger partial charge in [0.2, 0.25) is 0 Å². The topological polar surface area (TPSA) is 99.9 Å². The minimum absolute atomic E-state index is 0.0992. The fourth-order valence-electron chi connectivity index (χ4n) is 1.65. The maximum absolute atomic E-state index is 10.5. The number of nitrogens with zero attached hydrogens (tertiary/aromatic N) is 4. The van der Waals surface area contributed by atoms with Crippen LogP contribution in [0.3, 0.4) is 0 Å². The SMILES string of the molecule is NCc1ncnn1CCc1ccc([N+](=O)[O-])cc1. The highest BCUT2D eigenvalue weighted by atomic mass is 16.6. The summed E-state index contributed by atoms with van der Waals surface area (Å²) >= 11 is 0. The molecule has 0 unspecified atom stereocenters. The molecule has 0 bridgehead atoms. The number of hydrogen-bond acceptors (Lipinski definition) is 5. The van der Waals surface area contributed by atoms with Gasteiger partial charge < -0.3 is 5.73 Å². The van der Waals surface area contributed by atoms with E-state index in [0.29, 0.717) is 13.1 Å². The van der Waals surface area contributed by atoms with Crippen molar-refractivity contribution < 1.29 is 4.92 Å². The Labute approximate surface area is 103 Å². The average molecular weight is 247 g/mol. The second-order valence-corrected chi connectivity index (χ2v) is 3.78. The molecule has 0 aliphatic heterocycles. The summed E-state index contributed by atoms with van der Waals surface area (Å²) in [4.78, 5) is 14.1. The summed E-state index contributed by atoms with van der Waals surface area (Å²) in [6.45, 7) is 1.00. The molecule has 2 N–H and O–H groups in total. The summed E-state index contributed by atoms with van der Waals surface area (Å²) in [5.41, 5.74) is 6.63. The first-order valence-electron chi connectivity index (χ1n) is 5.51. The zero-order valence-corrected chi connectivity index (χ0v) is 9.69. The number of hydrogen-bond donors (Lipinski definition) is 1. The Balaban J connectivity index is 2.00. The second-order valence-electron chi connectivity index (χ2n) is 3.78. The fraction of sp³-hybridized carbons (Fsp3) is 0.273. The summed E-state index contributed by atoms with van der Waals surface area (Å²) in [6, 6.07) is 6.50. The quantitative estimate of drug-likeness (QED) is 0.624. The fourth-order valence-corrected chi connectivity index (χ4v) is 1.65. The van der Waals surface area contributed by atoms with Gasteiger partial charge in [0.25, 0.3) is 5.69 Å². The van der Waals surface area contributed by atoms with E-state index in [1.807, 2.05) is 0 Å². The molecule has 2 aromatic rings. The smallest absolute Gasteiger partial charge is 0.269 e. The van der Waals surface area contributed by atoms with Crippen LogP contribution in [-0.4, -0.2) is 19.7 Å². The highest BCUT2D eigenvalue weighted by Crippen LogP contribution is 2.12. The maximum Gasteiger partial charge on any atom is 0.269 e.